The SMILES string of the molecule is CC1(C)c2ccccc2C2(c3ccccc3-c3c(N(c4ccc5c(c4)C4(c6ccccc6-c6ccccc64)c4cc(-c6ccccc6)ccc4-5)c4ccccc4-c4ccccc4)cccc32)c2ccccc21. The van der Waals surface area contributed by atoms with Crippen LogP contribution in [0.2, 0.25) is 0 Å². The molecular weight excluding hydrogens is 867 g/mol. The number of hydrogen-bond acceptors (Lipinski definition) is 1. The van der Waals surface area contributed by atoms with E-state index in [-0.39, 0.29) is 5.41 Å². The standard InChI is InChI=1S/C71H49N/c1-69(2)59-33-16-18-35-61(59)71(62-36-19-17-34-60(62)69)58-32-15-11-29-55(58)68-63(71)37-21-39-67(68)72(66-38-20-12-26-50(66)47-24-7-4-8-25-47)49-41-43-54-53-42-40-48(46-22-5-3-6-23-46)44-64(53)70(65(54)45-49)56-30-13-9-27-51(56)52-28-10-14-31-57(52)70/h3-45H,1-2H3. The number of hydrogen-bond donors (Lipinski definition) is 0. The van der Waals surface area contributed by atoms with Crippen LogP contribution in [-0.4, -0.2) is 0 Å². The number of fused-ring (bicyclic) bond motifs is 19. The highest BCUT2D eigenvalue weighted by Gasteiger charge is 2.55. The third-order valence-electron chi connectivity index (χ3n) is 17.0. The Labute approximate surface area is 422 Å². The number of benzene rings is 11. The van der Waals surface area contributed by atoms with Gasteiger partial charge in [0, 0.05) is 22.2 Å². The molecule has 0 saturated heterocycles. The van der Waals surface area contributed by atoms with Crippen LogP contribution < -0.4 is 4.90 Å². The number of rotatable bonds is 5. The molecule has 4 aliphatic rings. The molecule has 72 heavy (non-hydrogen) atoms. The molecule has 2 spiro atoms. The predicted octanol–water partition coefficient (Wildman–Crippen LogP) is 17.8. The Morgan fingerprint density at radius 1 is 0.250 bits per heavy atom. The summed E-state index contributed by atoms with van der Waals surface area (Å²) >= 11 is 0. The lowest BCUT2D eigenvalue weighted by molar-refractivity contribution is 0.563. The van der Waals surface area contributed by atoms with Crippen molar-refractivity contribution >= 4 is 17.1 Å². The van der Waals surface area contributed by atoms with Crippen molar-refractivity contribution in [2.45, 2.75) is 30.1 Å². The van der Waals surface area contributed by atoms with E-state index in [0.717, 1.165) is 17.1 Å². The monoisotopic (exact) mass is 915 g/mol. The highest BCUT2D eigenvalue weighted by molar-refractivity contribution is 6.02. The zero-order valence-electron chi connectivity index (χ0n) is 40.3. The van der Waals surface area contributed by atoms with Crippen LogP contribution in [0, 0.1) is 0 Å². The minimum atomic E-state index is -0.555. The summed E-state index contributed by atoms with van der Waals surface area (Å²) in [7, 11) is 0. The van der Waals surface area contributed by atoms with Crippen LogP contribution in [0.25, 0.3) is 55.6 Å². The van der Waals surface area contributed by atoms with Gasteiger partial charge in [0.2, 0.25) is 0 Å². The first-order valence-electron chi connectivity index (χ1n) is 25.4. The Morgan fingerprint density at radius 3 is 1.29 bits per heavy atom. The second kappa shape index (κ2) is 15.1. The predicted molar refractivity (Wildman–Crippen MR) is 298 cm³/mol. The van der Waals surface area contributed by atoms with Gasteiger partial charge in [0.15, 0.2) is 0 Å². The highest BCUT2D eigenvalue weighted by atomic mass is 15.1. The van der Waals surface area contributed by atoms with Crippen LogP contribution in [0.4, 0.5) is 17.1 Å². The van der Waals surface area contributed by atoms with Gasteiger partial charge in [-0.15, -0.1) is 0 Å². The summed E-state index contributed by atoms with van der Waals surface area (Å²) < 4.78 is 0. The molecular formula is C71H49N. The molecule has 0 amide bonds. The van der Waals surface area contributed by atoms with Gasteiger partial charge in [-0.1, -0.05) is 244 Å². The molecule has 0 radical (unpaired) electrons. The van der Waals surface area contributed by atoms with E-state index in [0.29, 0.717) is 0 Å². The average molecular weight is 916 g/mol. The minimum Gasteiger partial charge on any atom is -0.309 e. The number of nitrogens with zero attached hydrogens (tertiary/aromatic N) is 1. The summed E-state index contributed by atoms with van der Waals surface area (Å²) in [6, 6.07) is 98.6. The van der Waals surface area contributed by atoms with Crippen LogP contribution in [-0.2, 0) is 16.2 Å². The van der Waals surface area contributed by atoms with Crippen molar-refractivity contribution in [2.24, 2.45) is 0 Å². The molecule has 11 aromatic rings. The lowest BCUT2D eigenvalue weighted by Gasteiger charge is -2.46. The average Bonchev–Trinajstić information content (AvgIpc) is 4.03. The largest absolute Gasteiger partial charge is 0.309 e. The van der Waals surface area contributed by atoms with E-state index in [1.165, 1.54) is 111 Å². The van der Waals surface area contributed by atoms with Gasteiger partial charge in [0.05, 0.1) is 22.2 Å². The van der Waals surface area contributed by atoms with Crippen LogP contribution in [0.1, 0.15) is 69.5 Å². The fourth-order valence-electron chi connectivity index (χ4n) is 14.1. The van der Waals surface area contributed by atoms with Crippen molar-refractivity contribution in [3.05, 3.63) is 316 Å². The van der Waals surface area contributed by atoms with Crippen molar-refractivity contribution in [1.82, 2.24) is 0 Å². The molecule has 1 heteroatoms. The molecule has 0 heterocycles. The first-order chi connectivity index (χ1) is 35.5. The van der Waals surface area contributed by atoms with E-state index in [1.54, 1.807) is 0 Å². The summed E-state index contributed by atoms with van der Waals surface area (Å²) in [6.45, 7) is 4.81. The van der Waals surface area contributed by atoms with E-state index in [9.17, 15) is 0 Å². The number of para-hydroxylation sites is 1. The Balaban J connectivity index is 1.05. The maximum Gasteiger partial charge on any atom is 0.0726 e. The summed E-state index contributed by atoms with van der Waals surface area (Å²) in [5.74, 6) is 0. The Kier molecular flexibility index (Phi) is 8.62. The van der Waals surface area contributed by atoms with Crippen LogP contribution >= 0.6 is 0 Å². The van der Waals surface area contributed by atoms with E-state index in [1.807, 2.05) is 0 Å². The maximum absolute atomic E-state index is 2.60. The first kappa shape index (κ1) is 41.0. The number of anilines is 3. The lowest BCUT2D eigenvalue weighted by atomic mass is 9.55. The third kappa shape index (κ3) is 5.27. The van der Waals surface area contributed by atoms with Crippen LogP contribution in [0.15, 0.2) is 261 Å². The van der Waals surface area contributed by atoms with Gasteiger partial charge < -0.3 is 4.90 Å². The zero-order chi connectivity index (χ0) is 47.8. The Hall–Kier alpha value is -8.78. The van der Waals surface area contributed by atoms with Crippen molar-refractivity contribution in [2.75, 3.05) is 4.90 Å². The minimum absolute atomic E-state index is 0.189. The van der Waals surface area contributed by atoms with Gasteiger partial charge in [-0.25, -0.2) is 0 Å². The smallest absolute Gasteiger partial charge is 0.0726 e. The normalized spacial score (nSPS) is 14.9. The van der Waals surface area contributed by atoms with E-state index >= 15 is 0 Å². The summed E-state index contributed by atoms with van der Waals surface area (Å²) in [5, 5.41) is 0. The van der Waals surface area contributed by atoms with Gasteiger partial charge in [-0.3, -0.25) is 0 Å². The van der Waals surface area contributed by atoms with Crippen LogP contribution in [0.5, 0.6) is 0 Å². The topological polar surface area (TPSA) is 3.24 Å². The maximum atomic E-state index is 2.60. The molecule has 338 valence electrons. The molecule has 0 saturated carbocycles. The van der Waals surface area contributed by atoms with Gasteiger partial charge in [0.1, 0.15) is 0 Å². The van der Waals surface area contributed by atoms with Crippen LogP contribution in [0.3, 0.4) is 0 Å². The molecule has 0 unspecified atom stereocenters. The Bertz CT molecular complexity index is 3930. The van der Waals surface area contributed by atoms with E-state index < -0.39 is 10.8 Å². The molecule has 0 aliphatic heterocycles. The Morgan fingerprint density at radius 2 is 0.667 bits per heavy atom. The second-order valence-electron chi connectivity index (χ2n) is 20.6. The summed E-state index contributed by atoms with van der Waals surface area (Å²) in [5.41, 5.74) is 28.0. The lowest BCUT2D eigenvalue weighted by Crippen LogP contribution is -2.40. The molecule has 15 rings (SSSR count). The van der Waals surface area contributed by atoms with Gasteiger partial charge >= 0.3 is 0 Å². The molecule has 11 aromatic carbocycles. The van der Waals surface area contributed by atoms with Crippen molar-refractivity contribution < 1.29 is 0 Å². The third-order valence-corrected chi connectivity index (χ3v) is 17.0. The summed E-state index contributed by atoms with van der Waals surface area (Å²) in [6.07, 6.45) is 0. The molecule has 1 nitrogen and oxygen atoms in total. The highest BCUT2D eigenvalue weighted by Crippen LogP contribution is 2.66. The molecule has 0 atom stereocenters. The van der Waals surface area contributed by atoms with Gasteiger partial charge in [-0.2, -0.15) is 0 Å². The molecule has 4 aliphatic carbocycles. The van der Waals surface area contributed by atoms with E-state index in [4.69, 9.17) is 0 Å². The summed E-state index contributed by atoms with van der Waals surface area (Å²) in [4.78, 5) is 2.60. The molecule has 0 N–H and O–H groups in total. The van der Waals surface area contributed by atoms with Crippen molar-refractivity contribution in [3.63, 3.8) is 0 Å². The van der Waals surface area contributed by atoms with Gasteiger partial charge in [0.25, 0.3) is 0 Å². The fourth-order valence-corrected chi connectivity index (χ4v) is 14.1. The van der Waals surface area contributed by atoms with Crippen molar-refractivity contribution in [1.29, 1.82) is 0 Å². The first-order valence-corrected chi connectivity index (χ1v) is 25.4. The van der Waals surface area contributed by atoms with Crippen molar-refractivity contribution in [3.8, 4) is 55.6 Å². The molecule has 0 fully saturated rings. The van der Waals surface area contributed by atoms with Gasteiger partial charge in [-0.05, 0) is 130 Å². The second-order valence-corrected chi connectivity index (χ2v) is 20.6. The quantitative estimate of drug-likeness (QED) is 0.166. The molecule has 0 aromatic heterocycles. The van der Waals surface area contributed by atoms with E-state index in [2.05, 4.69) is 280 Å². The molecule has 0 bridgehead atoms. The fraction of sp³-hybridized carbons (Fsp3) is 0.0704. The zero-order valence-corrected chi connectivity index (χ0v) is 40.3.